The van der Waals surface area contributed by atoms with Crippen molar-refractivity contribution in [3.05, 3.63) is 58.7 Å². The van der Waals surface area contributed by atoms with E-state index in [0.29, 0.717) is 33.4 Å². The van der Waals surface area contributed by atoms with E-state index in [4.69, 9.17) is 4.74 Å². The molecule has 0 aliphatic heterocycles. The van der Waals surface area contributed by atoms with Gasteiger partial charge in [0.2, 0.25) is 5.91 Å². The molecule has 0 spiro atoms. The van der Waals surface area contributed by atoms with Gasteiger partial charge in [0.05, 0.1) is 23.4 Å². The van der Waals surface area contributed by atoms with Crippen molar-refractivity contribution in [1.82, 2.24) is 9.55 Å². The van der Waals surface area contributed by atoms with Crippen LogP contribution in [-0.2, 0) is 11.3 Å². The van der Waals surface area contributed by atoms with Gasteiger partial charge in [-0.2, -0.15) is 0 Å². The zero-order chi connectivity index (χ0) is 19.4. The van der Waals surface area contributed by atoms with Crippen molar-refractivity contribution in [2.45, 2.75) is 23.9 Å². The van der Waals surface area contributed by atoms with E-state index in [1.165, 1.54) is 23.1 Å². The number of amides is 1. The standard InChI is InChI=1S/C19H19N3O3S2/c1-4-10-22-18(24)13-9-11-26-17(13)21-19(22)27-12(2)16(23)20-14-7-5-6-8-15(14)25-3/h4-9,11-12H,1,10H2,2-3H3,(H,20,23). The van der Waals surface area contributed by atoms with Crippen molar-refractivity contribution in [3.8, 4) is 5.75 Å². The van der Waals surface area contributed by atoms with Gasteiger partial charge in [-0.25, -0.2) is 4.98 Å². The Labute approximate surface area is 164 Å². The van der Waals surface area contributed by atoms with Crippen LogP contribution in [0.15, 0.2) is 58.3 Å². The predicted molar refractivity (Wildman–Crippen MR) is 111 cm³/mol. The molecule has 1 N–H and O–H groups in total. The van der Waals surface area contributed by atoms with Crippen molar-refractivity contribution < 1.29 is 9.53 Å². The number of thioether (sulfide) groups is 1. The molecule has 0 bridgehead atoms. The van der Waals surface area contributed by atoms with Crippen LogP contribution in [0.25, 0.3) is 10.2 Å². The van der Waals surface area contributed by atoms with Crippen LogP contribution in [-0.4, -0.2) is 27.8 Å². The number of carbonyl (C=O) groups is 1. The van der Waals surface area contributed by atoms with E-state index in [0.717, 1.165) is 0 Å². The second-order valence-electron chi connectivity index (χ2n) is 5.69. The summed E-state index contributed by atoms with van der Waals surface area (Å²) in [6, 6.07) is 8.98. The molecule has 1 atom stereocenters. The Hall–Kier alpha value is -2.58. The minimum atomic E-state index is -0.463. The van der Waals surface area contributed by atoms with Crippen LogP contribution in [0.1, 0.15) is 6.92 Å². The van der Waals surface area contributed by atoms with Gasteiger partial charge in [-0.05, 0) is 30.5 Å². The molecule has 3 rings (SSSR count). The minimum Gasteiger partial charge on any atom is -0.495 e. The van der Waals surface area contributed by atoms with Crippen LogP contribution >= 0.6 is 23.1 Å². The average Bonchev–Trinajstić information content (AvgIpc) is 3.14. The molecule has 6 nitrogen and oxygen atoms in total. The number of thiophene rings is 1. The first kappa shape index (κ1) is 19.2. The second kappa shape index (κ2) is 8.41. The lowest BCUT2D eigenvalue weighted by atomic mass is 10.3. The number of rotatable bonds is 7. The number of anilines is 1. The number of nitrogens with zero attached hydrogens (tertiary/aromatic N) is 2. The van der Waals surface area contributed by atoms with Crippen LogP contribution < -0.4 is 15.6 Å². The highest BCUT2D eigenvalue weighted by atomic mass is 32.2. The van der Waals surface area contributed by atoms with Crippen LogP contribution in [0.2, 0.25) is 0 Å². The van der Waals surface area contributed by atoms with E-state index in [-0.39, 0.29) is 11.5 Å². The zero-order valence-electron chi connectivity index (χ0n) is 15.0. The SMILES string of the molecule is C=CCn1c(SC(C)C(=O)Nc2ccccc2OC)nc2sccc2c1=O. The third-order valence-corrected chi connectivity index (χ3v) is 5.77. The van der Waals surface area contributed by atoms with Crippen molar-refractivity contribution >= 4 is 44.9 Å². The van der Waals surface area contributed by atoms with Gasteiger partial charge in [-0.3, -0.25) is 14.2 Å². The van der Waals surface area contributed by atoms with E-state index < -0.39 is 5.25 Å². The van der Waals surface area contributed by atoms with Crippen LogP contribution in [0, 0.1) is 0 Å². The highest BCUT2D eigenvalue weighted by molar-refractivity contribution is 8.00. The fourth-order valence-corrected chi connectivity index (χ4v) is 4.23. The molecule has 0 aliphatic carbocycles. The number of methoxy groups -OCH3 is 1. The van der Waals surface area contributed by atoms with Gasteiger partial charge in [0.25, 0.3) is 5.56 Å². The summed E-state index contributed by atoms with van der Waals surface area (Å²) in [7, 11) is 1.55. The summed E-state index contributed by atoms with van der Waals surface area (Å²) >= 11 is 2.65. The van der Waals surface area contributed by atoms with Gasteiger partial charge in [0, 0.05) is 6.54 Å². The van der Waals surface area contributed by atoms with Gasteiger partial charge in [-0.1, -0.05) is 30.0 Å². The Morgan fingerprint density at radius 3 is 2.96 bits per heavy atom. The number of allylic oxidation sites excluding steroid dienone is 1. The largest absolute Gasteiger partial charge is 0.495 e. The first-order valence-electron chi connectivity index (χ1n) is 8.24. The predicted octanol–water partition coefficient (Wildman–Crippen LogP) is 3.77. The fraction of sp³-hybridized carbons (Fsp3) is 0.211. The van der Waals surface area contributed by atoms with Gasteiger partial charge < -0.3 is 10.1 Å². The summed E-state index contributed by atoms with van der Waals surface area (Å²) < 4.78 is 6.80. The molecule has 1 amide bonds. The topological polar surface area (TPSA) is 73.2 Å². The first-order valence-corrected chi connectivity index (χ1v) is 10.0. The average molecular weight is 402 g/mol. The number of aromatic nitrogens is 2. The monoisotopic (exact) mass is 401 g/mol. The molecule has 0 saturated carbocycles. The maximum atomic E-state index is 12.7. The Kier molecular flexibility index (Phi) is 5.98. The van der Waals surface area contributed by atoms with Crippen LogP contribution in [0.4, 0.5) is 5.69 Å². The Balaban J connectivity index is 1.85. The lowest BCUT2D eigenvalue weighted by molar-refractivity contribution is -0.115. The first-order chi connectivity index (χ1) is 13.0. The molecule has 2 heterocycles. The molecule has 0 radical (unpaired) electrons. The second-order valence-corrected chi connectivity index (χ2v) is 7.89. The smallest absolute Gasteiger partial charge is 0.263 e. The molecular weight excluding hydrogens is 382 g/mol. The normalized spacial score (nSPS) is 11.9. The molecule has 1 unspecified atom stereocenters. The van der Waals surface area contributed by atoms with E-state index in [1.807, 2.05) is 17.5 Å². The van der Waals surface area contributed by atoms with E-state index in [1.54, 1.807) is 42.9 Å². The van der Waals surface area contributed by atoms with Gasteiger partial charge >= 0.3 is 0 Å². The number of para-hydroxylation sites is 2. The Bertz CT molecular complexity index is 1040. The third-order valence-electron chi connectivity index (χ3n) is 3.88. The van der Waals surface area contributed by atoms with Gasteiger partial charge in [-0.15, -0.1) is 17.9 Å². The summed E-state index contributed by atoms with van der Waals surface area (Å²) in [6.07, 6.45) is 1.64. The number of nitrogens with one attached hydrogen (secondary N) is 1. The highest BCUT2D eigenvalue weighted by Gasteiger charge is 2.20. The van der Waals surface area contributed by atoms with Crippen molar-refractivity contribution in [2.75, 3.05) is 12.4 Å². The maximum Gasteiger partial charge on any atom is 0.263 e. The quantitative estimate of drug-likeness (QED) is 0.371. The lowest BCUT2D eigenvalue weighted by Gasteiger charge is -2.16. The molecular formula is C19H19N3O3S2. The summed E-state index contributed by atoms with van der Waals surface area (Å²) in [6.45, 7) is 5.82. The van der Waals surface area contributed by atoms with Crippen molar-refractivity contribution in [1.29, 1.82) is 0 Å². The van der Waals surface area contributed by atoms with E-state index >= 15 is 0 Å². The molecule has 27 heavy (non-hydrogen) atoms. The number of ether oxygens (including phenoxy) is 1. The number of fused-ring (bicyclic) bond motifs is 1. The molecule has 0 aliphatic rings. The van der Waals surface area contributed by atoms with E-state index in [2.05, 4.69) is 16.9 Å². The van der Waals surface area contributed by atoms with Crippen molar-refractivity contribution in [2.24, 2.45) is 0 Å². The summed E-state index contributed by atoms with van der Waals surface area (Å²) in [5.74, 6) is 0.389. The van der Waals surface area contributed by atoms with Crippen molar-refractivity contribution in [3.63, 3.8) is 0 Å². The number of benzene rings is 1. The molecule has 140 valence electrons. The van der Waals surface area contributed by atoms with Crippen LogP contribution in [0.3, 0.4) is 0 Å². The Morgan fingerprint density at radius 1 is 1.44 bits per heavy atom. The zero-order valence-corrected chi connectivity index (χ0v) is 16.6. The molecule has 0 fully saturated rings. The molecule has 8 heteroatoms. The lowest BCUT2D eigenvalue weighted by Crippen LogP contribution is -2.26. The highest BCUT2D eigenvalue weighted by Crippen LogP contribution is 2.27. The Morgan fingerprint density at radius 2 is 2.22 bits per heavy atom. The number of carbonyl (C=O) groups excluding carboxylic acids is 1. The van der Waals surface area contributed by atoms with Crippen LogP contribution in [0.5, 0.6) is 5.75 Å². The summed E-state index contributed by atoms with van der Waals surface area (Å²) in [5.41, 5.74) is 0.476. The minimum absolute atomic E-state index is 0.124. The molecule has 2 aromatic heterocycles. The maximum absolute atomic E-state index is 12.7. The number of hydrogen-bond acceptors (Lipinski definition) is 6. The fourth-order valence-electron chi connectivity index (χ4n) is 2.50. The van der Waals surface area contributed by atoms with Gasteiger partial charge in [0.1, 0.15) is 10.6 Å². The summed E-state index contributed by atoms with van der Waals surface area (Å²) in [4.78, 5) is 30.5. The number of hydrogen-bond donors (Lipinski definition) is 1. The van der Waals surface area contributed by atoms with Gasteiger partial charge in [0.15, 0.2) is 5.16 Å². The van der Waals surface area contributed by atoms with E-state index in [9.17, 15) is 9.59 Å². The molecule has 3 aromatic rings. The molecule has 1 aromatic carbocycles. The third kappa shape index (κ3) is 4.06. The summed E-state index contributed by atoms with van der Waals surface area (Å²) in [5, 5.41) is 5.31. The molecule has 0 saturated heterocycles.